The number of tetrazole rings is 1. The normalized spacial score (nSPS) is 11.9. The third-order valence-electron chi connectivity index (χ3n) is 4.92. The number of benzene rings is 1. The number of imidazole rings is 1. The fourth-order valence-electron chi connectivity index (χ4n) is 3.46. The van der Waals surface area contributed by atoms with Gasteiger partial charge in [-0.1, -0.05) is 0 Å². The van der Waals surface area contributed by atoms with Gasteiger partial charge in [0.05, 0.1) is 42.0 Å². The summed E-state index contributed by atoms with van der Waals surface area (Å²) in [6, 6.07) is 11.5. The second-order valence-electron chi connectivity index (χ2n) is 7.30. The van der Waals surface area contributed by atoms with Gasteiger partial charge >= 0.3 is 0 Å². The van der Waals surface area contributed by atoms with E-state index >= 15 is 0 Å². The minimum atomic E-state index is -0.444. The monoisotopic (exact) mass is 441 g/mol. The molecular formula is C22H16FN9O. The van der Waals surface area contributed by atoms with Crippen molar-refractivity contribution in [3.63, 3.8) is 0 Å². The minimum Gasteiger partial charge on any atom is -0.487 e. The summed E-state index contributed by atoms with van der Waals surface area (Å²) in [5.41, 5.74) is 3.17. The van der Waals surface area contributed by atoms with E-state index in [4.69, 9.17) is 4.74 Å². The molecule has 0 radical (unpaired) electrons. The second-order valence-corrected chi connectivity index (χ2v) is 7.30. The van der Waals surface area contributed by atoms with E-state index in [0.29, 0.717) is 40.5 Å². The SMILES string of the molecule is CC(Cn1cnnn1)Oc1cncc(-c2ccc3ncc(-c4cc(F)ccc4C#N)n3n2)c1. The van der Waals surface area contributed by atoms with Gasteiger partial charge in [0, 0.05) is 17.3 Å². The molecule has 4 aromatic heterocycles. The Morgan fingerprint density at radius 3 is 2.88 bits per heavy atom. The van der Waals surface area contributed by atoms with Gasteiger partial charge in [0.1, 0.15) is 24.0 Å². The molecule has 11 heteroatoms. The predicted molar refractivity (Wildman–Crippen MR) is 114 cm³/mol. The highest BCUT2D eigenvalue weighted by molar-refractivity contribution is 5.70. The Morgan fingerprint density at radius 2 is 2.06 bits per heavy atom. The van der Waals surface area contributed by atoms with Crippen molar-refractivity contribution in [2.75, 3.05) is 0 Å². The molecule has 4 heterocycles. The Bertz CT molecular complexity index is 1470. The van der Waals surface area contributed by atoms with Gasteiger partial charge in [-0.2, -0.15) is 10.4 Å². The number of nitrogens with zero attached hydrogens (tertiary/aromatic N) is 9. The molecule has 0 saturated heterocycles. The lowest BCUT2D eigenvalue weighted by atomic mass is 10.1. The largest absolute Gasteiger partial charge is 0.487 e. The lowest BCUT2D eigenvalue weighted by Crippen LogP contribution is -2.20. The third-order valence-corrected chi connectivity index (χ3v) is 4.92. The van der Waals surface area contributed by atoms with Crippen molar-refractivity contribution < 1.29 is 9.13 Å². The van der Waals surface area contributed by atoms with Gasteiger partial charge in [0.15, 0.2) is 5.65 Å². The Hall–Kier alpha value is -4.72. The molecular weight excluding hydrogens is 425 g/mol. The maximum absolute atomic E-state index is 13.9. The molecule has 0 aliphatic carbocycles. The van der Waals surface area contributed by atoms with Crippen molar-refractivity contribution in [1.29, 1.82) is 5.26 Å². The summed E-state index contributed by atoms with van der Waals surface area (Å²) in [5.74, 6) is 0.123. The van der Waals surface area contributed by atoms with Crippen LogP contribution in [0.25, 0.3) is 28.2 Å². The van der Waals surface area contributed by atoms with Crippen molar-refractivity contribution in [2.45, 2.75) is 19.6 Å². The highest BCUT2D eigenvalue weighted by atomic mass is 19.1. The van der Waals surface area contributed by atoms with Crippen LogP contribution in [0.5, 0.6) is 5.75 Å². The van der Waals surface area contributed by atoms with E-state index in [2.05, 4.69) is 36.7 Å². The average Bonchev–Trinajstić information content (AvgIpc) is 3.48. The Balaban J connectivity index is 1.48. The van der Waals surface area contributed by atoms with Crippen molar-refractivity contribution in [2.24, 2.45) is 0 Å². The zero-order valence-corrected chi connectivity index (χ0v) is 17.4. The fraction of sp³-hybridized carbons (Fsp3) is 0.136. The van der Waals surface area contributed by atoms with Crippen LogP contribution in [0.3, 0.4) is 0 Å². The van der Waals surface area contributed by atoms with Crippen LogP contribution in [0, 0.1) is 17.1 Å². The first-order valence-electron chi connectivity index (χ1n) is 9.98. The summed E-state index contributed by atoms with van der Waals surface area (Å²) in [7, 11) is 0. The van der Waals surface area contributed by atoms with Crippen molar-refractivity contribution in [3.05, 3.63) is 72.7 Å². The van der Waals surface area contributed by atoms with Crippen LogP contribution in [-0.2, 0) is 6.54 Å². The van der Waals surface area contributed by atoms with Crippen molar-refractivity contribution >= 4 is 5.65 Å². The standard InChI is InChI=1S/C22H16FN9O/c1-14(12-31-13-27-29-30-31)33-18-6-16(9-25-10-18)20-4-5-22-26-11-21(32(22)28-20)19-7-17(23)3-2-15(19)8-24/h2-7,9-11,13-14H,12H2,1H3. The molecule has 0 spiro atoms. The van der Waals surface area contributed by atoms with Gasteiger partial charge in [-0.15, -0.1) is 5.10 Å². The molecule has 162 valence electrons. The summed E-state index contributed by atoms with van der Waals surface area (Å²) in [6.07, 6.45) is 6.19. The molecule has 0 saturated carbocycles. The van der Waals surface area contributed by atoms with Gasteiger partial charge in [-0.3, -0.25) is 4.98 Å². The molecule has 0 N–H and O–H groups in total. The van der Waals surface area contributed by atoms with E-state index in [1.165, 1.54) is 24.5 Å². The average molecular weight is 441 g/mol. The van der Waals surface area contributed by atoms with Crippen LogP contribution in [0.15, 0.2) is 61.3 Å². The van der Waals surface area contributed by atoms with Gasteiger partial charge in [-0.25, -0.2) is 18.6 Å². The van der Waals surface area contributed by atoms with Crippen molar-refractivity contribution in [3.8, 4) is 34.3 Å². The molecule has 0 aliphatic heterocycles. The molecule has 0 bridgehead atoms. The van der Waals surface area contributed by atoms with E-state index in [9.17, 15) is 9.65 Å². The summed E-state index contributed by atoms with van der Waals surface area (Å²) in [6.45, 7) is 2.39. The van der Waals surface area contributed by atoms with E-state index in [0.717, 1.165) is 5.56 Å². The quantitative estimate of drug-likeness (QED) is 0.394. The van der Waals surface area contributed by atoms with E-state index in [1.54, 1.807) is 33.9 Å². The number of nitriles is 1. The molecule has 1 atom stereocenters. The highest BCUT2D eigenvalue weighted by Gasteiger charge is 2.14. The maximum atomic E-state index is 13.9. The number of fused-ring (bicyclic) bond motifs is 1. The topological polar surface area (TPSA) is 120 Å². The Kier molecular flexibility index (Phi) is 5.16. The molecule has 0 amide bonds. The summed E-state index contributed by atoms with van der Waals surface area (Å²) < 4.78 is 23.0. The summed E-state index contributed by atoms with van der Waals surface area (Å²) >= 11 is 0. The zero-order chi connectivity index (χ0) is 22.8. The van der Waals surface area contributed by atoms with Crippen LogP contribution in [0.1, 0.15) is 12.5 Å². The van der Waals surface area contributed by atoms with Gasteiger partial charge in [0.2, 0.25) is 0 Å². The number of hydrogen-bond acceptors (Lipinski definition) is 8. The smallest absolute Gasteiger partial charge is 0.154 e. The Morgan fingerprint density at radius 1 is 1.15 bits per heavy atom. The van der Waals surface area contributed by atoms with Gasteiger partial charge in [0.25, 0.3) is 0 Å². The number of aromatic nitrogens is 8. The van der Waals surface area contributed by atoms with Crippen LogP contribution in [0.2, 0.25) is 0 Å². The lowest BCUT2D eigenvalue weighted by molar-refractivity contribution is 0.192. The number of halogens is 1. The van der Waals surface area contributed by atoms with Gasteiger partial charge < -0.3 is 4.74 Å². The fourth-order valence-corrected chi connectivity index (χ4v) is 3.46. The second kappa shape index (κ2) is 8.43. The van der Waals surface area contributed by atoms with Gasteiger partial charge in [-0.05, 0) is 53.7 Å². The molecule has 0 fully saturated rings. The molecule has 1 unspecified atom stereocenters. The summed E-state index contributed by atoms with van der Waals surface area (Å²) in [4.78, 5) is 8.61. The molecule has 10 nitrogen and oxygen atoms in total. The van der Waals surface area contributed by atoms with Crippen molar-refractivity contribution in [1.82, 2.24) is 39.8 Å². The maximum Gasteiger partial charge on any atom is 0.154 e. The van der Waals surface area contributed by atoms with E-state index < -0.39 is 5.82 Å². The number of hydrogen-bond donors (Lipinski definition) is 0. The van der Waals surface area contributed by atoms with E-state index in [-0.39, 0.29) is 6.10 Å². The Labute approximate surface area is 186 Å². The minimum absolute atomic E-state index is 0.196. The molecule has 1 aromatic carbocycles. The molecule has 33 heavy (non-hydrogen) atoms. The first kappa shape index (κ1) is 20.2. The first-order chi connectivity index (χ1) is 16.1. The van der Waals surface area contributed by atoms with Crippen LogP contribution >= 0.6 is 0 Å². The number of pyridine rings is 1. The van der Waals surface area contributed by atoms with Crippen LogP contribution in [0.4, 0.5) is 4.39 Å². The number of ether oxygens (including phenoxy) is 1. The zero-order valence-electron chi connectivity index (χ0n) is 17.4. The lowest BCUT2D eigenvalue weighted by Gasteiger charge is -2.14. The molecule has 0 aliphatic rings. The summed E-state index contributed by atoms with van der Waals surface area (Å²) in [5, 5.41) is 25.2. The first-order valence-corrected chi connectivity index (χ1v) is 9.98. The number of rotatable bonds is 6. The molecule has 5 aromatic rings. The van der Waals surface area contributed by atoms with Crippen LogP contribution in [-0.4, -0.2) is 45.9 Å². The molecule has 5 rings (SSSR count). The van der Waals surface area contributed by atoms with Crippen LogP contribution < -0.4 is 4.74 Å². The predicted octanol–water partition coefficient (Wildman–Crippen LogP) is 2.92. The van der Waals surface area contributed by atoms with E-state index in [1.807, 2.05) is 19.1 Å². The third kappa shape index (κ3) is 4.09. The highest BCUT2D eigenvalue weighted by Crippen LogP contribution is 2.27.